The monoisotopic (exact) mass is 482 g/mol. The Kier molecular flexibility index (Phi) is 7.28. The number of nitrogens with zero attached hydrogens (tertiary/aromatic N) is 2. The van der Waals surface area contributed by atoms with Gasteiger partial charge in [-0.05, 0) is 29.8 Å². The first-order chi connectivity index (χ1) is 15.9. The maximum absolute atomic E-state index is 12.9. The highest BCUT2D eigenvalue weighted by atomic mass is 19.4. The van der Waals surface area contributed by atoms with Crippen molar-refractivity contribution >= 4 is 5.91 Å². The number of ether oxygens (including phenoxy) is 1. The lowest BCUT2D eigenvalue weighted by atomic mass is 10.1. The first-order valence-electron chi connectivity index (χ1n) is 9.95. The second-order valence-corrected chi connectivity index (χ2v) is 7.49. The Morgan fingerprint density at radius 1 is 1.15 bits per heavy atom. The van der Waals surface area contributed by atoms with Crippen molar-refractivity contribution in [3.63, 3.8) is 0 Å². The van der Waals surface area contributed by atoms with E-state index < -0.39 is 24.0 Å². The zero-order chi connectivity index (χ0) is 25.0. The molecule has 1 aromatic carbocycles. The van der Waals surface area contributed by atoms with Crippen molar-refractivity contribution in [1.82, 2.24) is 20.3 Å². The molecule has 2 aromatic heterocycles. The number of benzene rings is 1. The topological polar surface area (TPSA) is 97.0 Å². The second kappa shape index (κ2) is 9.98. The van der Waals surface area contributed by atoms with Gasteiger partial charge in [-0.3, -0.25) is 14.6 Å². The van der Waals surface area contributed by atoms with E-state index in [2.05, 4.69) is 25.0 Å². The summed E-state index contributed by atoms with van der Waals surface area (Å²) in [4.78, 5) is 34.1. The zero-order valence-electron chi connectivity index (χ0n) is 17.9. The lowest BCUT2D eigenvalue weighted by Crippen LogP contribution is -2.27. The van der Waals surface area contributed by atoms with Gasteiger partial charge in [-0.15, -0.1) is 0 Å². The number of halogens is 5. The van der Waals surface area contributed by atoms with Crippen LogP contribution in [0.4, 0.5) is 22.0 Å². The van der Waals surface area contributed by atoms with Crippen molar-refractivity contribution in [1.29, 1.82) is 0 Å². The summed E-state index contributed by atoms with van der Waals surface area (Å²) >= 11 is 0. The molecule has 1 amide bonds. The van der Waals surface area contributed by atoms with E-state index in [9.17, 15) is 31.5 Å². The van der Waals surface area contributed by atoms with E-state index in [1.807, 2.05) is 0 Å². The van der Waals surface area contributed by atoms with Crippen LogP contribution >= 0.6 is 0 Å². The zero-order valence-corrected chi connectivity index (χ0v) is 17.9. The van der Waals surface area contributed by atoms with Gasteiger partial charge in [0.2, 0.25) is 5.91 Å². The number of hydrogen-bond acceptors (Lipinski definition) is 5. The summed E-state index contributed by atoms with van der Waals surface area (Å²) in [7, 11) is 0. The minimum atomic E-state index is -4.64. The fourth-order valence-corrected chi connectivity index (χ4v) is 2.91. The number of hydrogen-bond donors (Lipinski definition) is 2. The molecule has 0 fully saturated rings. The Bertz CT molecular complexity index is 1220. The highest BCUT2D eigenvalue weighted by Gasteiger charge is 2.32. The van der Waals surface area contributed by atoms with Gasteiger partial charge in [0, 0.05) is 30.3 Å². The van der Waals surface area contributed by atoms with Gasteiger partial charge >= 0.3 is 12.8 Å². The molecule has 3 rings (SSSR count). The lowest BCUT2D eigenvalue weighted by molar-refractivity contribution is -0.141. The average molecular weight is 482 g/mol. The van der Waals surface area contributed by atoms with Gasteiger partial charge in [-0.25, -0.2) is 4.98 Å². The highest BCUT2D eigenvalue weighted by Crippen LogP contribution is 2.32. The van der Waals surface area contributed by atoms with Crippen LogP contribution < -0.4 is 15.6 Å². The number of pyridine rings is 1. The van der Waals surface area contributed by atoms with Crippen molar-refractivity contribution in [2.24, 2.45) is 5.92 Å². The van der Waals surface area contributed by atoms with Crippen molar-refractivity contribution in [2.45, 2.75) is 33.2 Å². The summed E-state index contributed by atoms with van der Waals surface area (Å²) in [6, 6.07) is 6.98. The minimum absolute atomic E-state index is 0.00424. The summed E-state index contributed by atoms with van der Waals surface area (Å²) in [5, 5.41) is 2.68. The molecule has 0 unspecified atom stereocenters. The van der Waals surface area contributed by atoms with Crippen LogP contribution in [0.25, 0.3) is 22.6 Å². The SMILES string of the molecule is CC(C)C(=O)NCc1ccc(OC(F)F)c(-c2nc(-c3ccc(C(F)(F)F)nc3)cc(=O)[nH]2)c1. The van der Waals surface area contributed by atoms with Gasteiger partial charge in [0.1, 0.15) is 17.3 Å². The quantitative estimate of drug-likeness (QED) is 0.487. The molecule has 0 saturated carbocycles. The summed E-state index contributed by atoms with van der Waals surface area (Å²) in [5.41, 5.74) is -1.21. The predicted molar refractivity (Wildman–Crippen MR) is 112 cm³/mol. The van der Waals surface area contributed by atoms with E-state index in [1.54, 1.807) is 13.8 Å². The molecule has 2 heterocycles. The number of alkyl halides is 5. The van der Waals surface area contributed by atoms with Gasteiger partial charge in [-0.1, -0.05) is 19.9 Å². The fourth-order valence-electron chi connectivity index (χ4n) is 2.91. The number of amides is 1. The Hall–Kier alpha value is -3.83. The number of H-pyrrole nitrogens is 1. The second-order valence-electron chi connectivity index (χ2n) is 7.49. The molecule has 0 aliphatic carbocycles. The Morgan fingerprint density at radius 3 is 2.47 bits per heavy atom. The van der Waals surface area contributed by atoms with Gasteiger partial charge in [0.15, 0.2) is 0 Å². The predicted octanol–water partition coefficient (Wildman–Crippen LogP) is 4.39. The molecular formula is C22H19F5N4O3. The molecule has 34 heavy (non-hydrogen) atoms. The third-order valence-electron chi connectivity index (χ3n) is 4.60. The fraction of sp³-hybridized carbons (Fsp3) is 0.273. The molecule has 3 aromatic rings. The van der Waals surface area contributed by atoms with Crippen LogP contribution in [-0.2, 0) is 17.5 Å². The van der Waals surface area contributed by atoms with Crippen LogP contribution in [0.5, 0.6) is 5.75 Å². The van der Waals surface area contributed by atoms with E-state index in [0.29, 0.717) is 5.56 Å². The molecular weight excluding hydrogens is 463 g/mol. The molecule has 12 heteroatoms. The highest BCUT2D eigenvalue weighted by molar-refractivity contribution is 5.78. The molecule has 180 valence electrons. The maximum Gasteiger partial charge on any atom is 0.433 e. The third kappa shape index (κ3) is 6.15. The van der Waals surface area contributed by atoms with Crippen LogP contribution in [0.15, 0.2) is 47.4 Å². The van der Waals surface area contributed by atoms with Crippen LogP contribution in [0.2, 0.25) is 0 Å². The van der Waals surface area contributed by atoms with Crippen molar-refractivity contribution in [3.05, 3.63) is 64.2 Å². The summed E-state index contributed by atoms with van der Waals surface area (Å²) in [6.07, 6.45) is -3.74. The summed E-state index contributed by atoms with van der Waals surface area (Å²) in [5.74, 6) is -0.944. The number of carbonyl (C=O) groups is 1. The van der Waals surface area contributed by atoms with Crippen molar-refractivity contribution in [3.8, 4) is 28.4 Å². The van der Waals surface area contributed by atoms with Crippen LogP contribution in [0, 0.1) is 5.92 Å². The standard InChI is InChI=1S/C22H19F5N4O3/c1-11(2)20(33)29-9-12-3-5-16(34-21(23)24)14(7-12)19-30-15(8-18(32)31-19)13-4-6-17(28-10-13)22(25,26)27/h3-8,10-11,21H,9H2,1-2H3,(H,29,33)(H,30,31,32). The smallest absolute Gasteiger partial charge is 0.433 e. The lowest BCUT2D eigenvalue weighted by Gasteiger charge is -2.14. The van der Waals surface area contributed by atoms with E-state index in [-0.39, 0.29) is 46.8 Å². The first kappa shape index (κ1) is 24.8. The third-order valence-corrected chi connectivity index (χ3v) is 4.60. The molecule has 0 atom stereocenters. The molecule has 0 saturated heterocycles. The molecule has 0 bridgehead atoms. The largest absolute Gasteiger partial charge is 0.434 e. The van der Waals surface area contributed by atoms with Crippen LogP contribution in [-0.4, -0.2) is 27.5 Å². The number of nitrogens with one attached hydrogen (secondary N) is 2. The molecule has 0 radical (unpaired) electrons. The average Bonchev–Trinajstić information content (AvgIpc) is 2.76. The number of carbonyl (C=O) groups excluding carboxylic acids is 1. The van der Waals surface area contributed by atoms with Crippen LogP contribution in [0.3, 0.4) is 0 Å². The minimum Gasteiger partial charge on any atom is -0.434 e. The van der Waals surface area contributed by atoms with E-state index in [0.717, 1.165) is 24.4 Å². The molecule has 0 spiro atoms. The first-order valence-corrected chi connectivity index (χ1v) is 9.95. The maximum atomic E-state index is 12.9. The van der Waals surface area contributed by atoms with E-state index in [1.165, 1.54) is 18.2 Å². The summed E-state index contributed by atoms with van der Waals surface area (Å²) < 4.78 is 68.8. The molecule has 7 nitrogen and oxygen atoms in total. The summed E-state index contributed by atoms with van der Waals surface area (Å²) in [6.45, 7) is 0.318. The van der Waals surface area contributed by atoms with E-state index in [4.69, 9.17) is 0 Å². The number of aromatic amines is 1. The Labute approximate surface area is 190 Å². The normalized spacial score (nSPS) is 11.7. The number of rotatable bonds is 7. The Balaban J connectivity index is 2.03. The molecule has 0 aliphatic rings. The van der Waals surface area contributed by atoms with Crippen molar-refractivity contribution < 1.29 is 31.5 Å². The van der Waals surface area contributed by atoms with Gasteiger partial charge in [0.05, 0.1) is 11.3 Å². The van der Waals surface area contributed by atoms with Gasteiger partial charge < -0.3 is 15.0 Å². The molecule has 2 N–H and O–H groups in total. The molecule has 0 aliphatic heterocycles. The van der Waals surface area contributed by atoms with Gasteiger partial charge in [0.25, 0.3) is 5.56 Å². The van der Waals surface area contributed by atoms with Crippen LogP contribution in [0.1, 0.15) is 25.1 Å². The number of aromatic nitrogens is 3. The van der Waals surface area contributed by atoms with Gasteiger partial charge in [-0.2, -0.15) is 22.0 Å². The van der Waals surface area contributed by atoms with E-state index >= 15 is 0 Å². The van der Waals surface area contributed by atoms with Crippen molar-refractivity contribution in [2.75, 3.05) is 0 Å². The Morgan fingerprint density at radius 2 is 1.88 bits per heavy atom.